The second kappa shape index (κ2) is 10.5. The monoisotopic (exact) mass is 448 g/mol. The van der Waals surface area contributed by atoms with Crippen molar-refractivity contribution in [2.45, 2.75) is 25.4 Å². The topological polar surface area (TPSA) is 85.4 Å². The first-order chi connectivity index (χ1) is 15.1. The van der Waals surface area contributed by atoms with Crippen LogP contribution in [0.15, 0.2) is 24.4 Å². The lowest BCUT2D eigenvalue weighted by Gasteiger charge is -2.22. The van der Waals surface area contributed by atoms with Gasteiger partial charge in [0.15, 0.2) is 11.6 Å². The summed E-state index contributed by atoms with van der Waals surface area (Å²) in [5, 5.41) is 6.78. The van der Waals surface area contributed by atoms with Crippen molar-refractivity contribution >= 4 is 23.2 Å². The highest BCUT2D eigenvalue weighted by atomic mass is 35.5. The maximum absolute atomic E-state index is 14.6. The number of ketones is 1. The largest absolute Gasteiger partial charge is 0.381 e. The highest BCUT2D eigenvalue weighted by Crippen LogP contribution is 2.30. The Bertz CT molecular complexity index is 918. The molecular weight excluding hydrogens is 423 g/mol. The Morgan fingerprint density at radius 1 is 1.29 bits per heavy atom. The van der Waals surface area contributed by atoms with Crippen LogP contribution >= 0.6 is 11.6 Å². The van der Waals surface area contributed by atoms with Gasteiger partial charge in [-0.3, -0.25) is 9.78 Å². The van der Waals surface area contributed by atoms with Crippen molar-refractivity contribution in [2.75, 3.05) is 44.8 Å². The van der Waals surface area contributed by atoms with Gasteiger partial charge in [-0.2, -0.15) is 0 Å². The van der Waals surface area contributed by atoms with E-state index in [9.17, 15) is 9.18 Å². The Labute approximate surface area is 185 Å². The SMILES string of the molecule is O=C(Cc1cc(-c2nc(NCC3CCOCC3)ccc2Cl)c(F)cn1)[C@H]1CNCCO1. The molecule has 2 N–H and O–H groups in total. The smallest absolute Gasteiger partial charge is 0.168 e. The number of nitrogens with one attached hydrogen (secondary N) is 2. The van der Waals surface area contributed by atoms with E-state index in [1.54, 1.807) is 18.2 Å². The lowest BCUT2D eigenvalue weighted by Crippen LogP contribution is -2.43. The van der Waals surface area contributed by atoms with Crippen LogP contribution in [0, 0.1) is 11.7 Å². The summed E-state index contributed by atoms with van der Waals surface area (Å²) < 4.78 is 25.5. The highest BCUT2D eigenvalue weighted by Gasteiger charge is 2.23. The summed E-state index contributed by atoms with van der Waals surface area (Å²) >= 11 is 6.34. The van der Waals surface area contributed by atoms with Crippen molar-refractivity contribution in [3.63, 3.8) is 0 Å². The van der Waals surface area contributed by atoms with Crippen LogP contribution in [0.5, 0.6) is 0 Å². The second-order valence-electron chi connectivity index (χ2n) is 7.83. The molecule has 4 heterocycles. The van der Waals surface area contributed by atoms with Gasteiger partial charge in [-0.25, -0.2) is 9.37 Å². The Hall–Kier alpha value is -2.13. The fraction of sp³-hybridized carbons (Fsp3) is 0.500. The number of nitrogens with zero attached hydrogens (tertiary/aromatic N) is 2. The number of rotatable bonds is 7. The molecule has 7 nitrogen and oxygen atoms in total. The first-order valence-electron chi connectivity index (χ1n) is 10.6. The lowest BCUT2D eigenvalue weighted by molar-refractivity contribution is -0.131. The third kappa shape index (κ3) is 5.77. The van der Waals surface area contributed by atoms with Crippen LogP contribution in [0.4, 0.5) is 10.2 Å². The summed E-state index contributed by atoms with van der Waals surface area (Å²) in [5.41, 5.74) is 0.997. The number of carbonyl (C=O) groups is 1. The van der Waals surface area contributed by atoms with Crippen molar-refractivity contribution in [3.05, 3.63) is 40.9 Å². The van der Waals surface area contributed by atoms with Crippen LogP contribution < -0.4 is 10.6 Å². The minimum absolute atomic E-state index is 0.0545. The number of morpholine rings is 1. The molecule has 166 valence electrons. The zero-order chi connectivity index (χ0) is 21.6. The maximum Gasteiger partial charge on any atom is 0.168 e. The number of ether oxygens (including phenoxy) is 2. The van der Waals surface area contributed by atoms with Crippen molar-refractivity contribution in [2.24, 2.45) is 5.92 Å². The Morgan fingerprint density at radius 3 is 2.90 bits per heavy atom. The molecule has 4 rings (SSSR count). The predicted molar refractivity (Wildman–Crippen MR) is 116 cm³/mol. The molecule has 2 aromatic rings. The van der Waals surface area contributed by atoms with Crippen LogP contribution in [0.1, 0.15) is 18.5 Å². The number of aromatic nitrogens is 2. The predicted octanol–water partition coefficient (Wildman–Crippen LogP) is 2.87. The number of carbonyl (C=O) groups excluding carboxylic acids is 1. The number of Topliss-reactive ketones (excluding diaryl/α,β-unsaturated/α-hetero) is 1. The van der Waals surface area contributed by atoms with E-state index in [1.807, 2.05) is 0 Å². The fourth-order valence-electron chi connectivity index (χ4n) is 3.75. The number of anilines is 1. The van der Waals surface area contributed by atoms with E-state index in [4.69, 9.17) is 21.1 Å². The summed E-state index contributed by atoms with van der Waals surface area (Å²) in [4.78, 5) is 21.1. The van der Waals surface area contributed by atoms with Gasteiger partial charge >= 0.3 is 0 Å². The van der Waals surface area contributed by atoms with E-state index < -0.39 is 11.9 Å². The molecule has 0 aromatic carbocycles. The van der Waals surface area contributed by atoms with Gasteiger partial charge in [0.1, 0.15) is 11.9 Å². The maximum atomic E-state index is 14.6. The molecule has 2 aromatic heterocycles. The quantitative estimate of drug-likeness (QED) is 0.673. The minimum Gasteiger partial charge on any atom is -0.381 e. The lowest BCUT2D eigenvalue weighted by atomic mass is 10.0. The third-order valence-electron chi connectivity index (χ3n) is 5.57. The molecule has 2 aliphatic rings. The first-order valence-corrected chi connectivity index (χ1v) is 11.0. The standard InChI is InChI=1S/C22H26ClFN4O3/c23-17-1-2-21(27-11-14-3-6-30-7-4-14)28-22(17)16-9-15(26-12-18(16)24)10-19(29)20-13-25-5-8-31-20/h1-2,9,12,14,20,25H,3-8,10-11,13H2,(H,27,28)/t20-/m1/s1. The normalized spacial score (nSPS) is 19.9. The number of halogens is 2. The van der Waals surface area contributed by atoms with Crippen molar-refractivity contribution in [1.82, 2.24) is 15.3 Å². The number of hydrogen-bond donors (Lipinski definition) is 2. The molecule has 0 radical (unpaired) electrons. The molecule has 0 saturated carbocycles. The zero-order valence-electron chi connectivity index (χ0n) is 17.2. The van der Waals surface area contributed by atoms with E-state index in [2.05, 4.69) is 20.6 Å². The van der Waals surface area contributed by atoms with Crippen molar-refractivity contribution < 1.29 is 18.7 Å². The molecule has 0 spiro atoms. The van der Waals surface area contributed by atoms with Gasteiger partial charge in [0.2, 0.25) is 0 Å². The molecular formula is C22H26ClFN4O3. The van der Waals surface area contributed by atoms with E-state index in [0.717, 1.165) is 45.3 Å². The molecule has 1 atom stereocenters. The molecule has 2 fully saturated rings. The van der Waals surface area contributed by atoms with Gasteiger partial charge in [-0.1, -0.05) is 11.6 Å². The third-order valence-corrected chi connectivity index (χ3v) is 5.87. The van der Waals surface area contributed by atoms with E-state index in [-0.39, 0.29) is 17.8 Å². The van der Waals surface area contributed by atoms with E-state index in [0.29, 0.717) is 41.3 Å². The van der Waals surface area contributed by atoms with Crippen LogP contribution in [0.3, 0.4) is 0 Å². The van der Waals surface area contributed by atoms with Crippen molar-refractivity contribution in [1.29, 1.82) is 0 Å². The Morgan fingerprint density at radius 2 is 2.13 bits per heavy atom. The molecule has 2 saturated heterocycles. The van der Waals surface area contributed by atoms with Gasteiger partial charge in [0.05, 0.1) is 29.9 Å². The van der Waals surface area contributed by atoms with Gasteiger partial charge in [0, 0.05) is 44.1 Å². The number of hydrogen-bond acceptors (Lipinski definition) is 7. The first kappa shape index (κ1) is 22.1. The van der Waals surface area contributed by atoms with Gasteiger partial charge in [0.25, 0.3) is 0 Å². The van der Waals surface area contributed by atoms with Crippen LogP contribution in [-0.4, -0.2) is 61.3 Å². The van der Waals surface area contributed by atoms with Crippen LogP contribution in [0.2, 0.25) is 5.02 Å². The van der Waals surface area contributed by atoms with Crippen molar-refractivity contribution in [3.8, 4) is 11.3 Å². The molecule has 2 aliphatic heterocycles. The Kier molecular flexibility index (Phi) is 7.45. The zero-order valence-corrected chi connectivity index (χ0v) is 18.0. The highest BCUT2D eigenvalue weighted by molar-refractivity contribution is 6.33. The molecule has 0 bridgehead atoms. The second-order valence-corrected chi connectivity index (χ2v) is 8.23. The molecule has 0 amide bonds. The van der Waals surface area contributed by atoms with Gasteiger partial charge < -0.3 is 20.1 Å². The average molecular weight is 449 g/mol. The summed E-state index contributed by atoms with van der Waals surface area (Å²) in [6, 6.07) is 5.02. The molecule has 0 aliphatic carbocycles. The molecule has 9 heteroatoms. The summed E-state index contributed by atoms with van der Waals surface area (Å²) in [7, 11) is 0. The minimum atomic E-state index is -0.539. The number of pyridine rings is 2. The summed E-state index contributed by atoms with van der Waals surface area (Å²) in [5.74, 6) is 0.508. The van der Waals surface area contributed by atoms with Crippen LogP contribution in [0.25, 0.3) is 11.3 Å². The average Bonchev–Trinajstić information content (AvgIpc) is 2.81. The Balaban J connectivity index is 1.49. The molecule has 0 unspecified atom stereocenters. The van der Waals surface area contributed by atoms with Crippen LogP contribution in [-0.2, 0) is 20.7 Å². The van der Waals surface area contributed by atoms with Gasteiger partial charge in [-0.05, 0) is 37.0 Å². The van der Waals surface area contributed by atoms with Gasteiger partial charge in [-0.15, -0.1) is 0 Å². The molecule has 31 heavy (non-hydrogen) atoms. The fourth-order valence-corrected chi connectivity index (χ4v) is 3.96. The van der Waals surface area contributed by atoms with E-state index in [1.165, 1.54) is 0 Å². The summed E-state index contributed by atoms with van der Waals surface area (Å²) in [6.45, 7) is 4.01. The summed E-state index contributed by atoms with van der Waals surface area (Å²) in [6.07, 6.45) is 2.66. The van der Waals surface area contributed by atoms with E-state index >= 15 is 0 Å².